The van der Waals surface area contributed by atoms with E-state index in [0.29, 0.717) is 0 Å². The molecule has 0 fully saturated rings. The Morgan fingerprint density at radius 2 is 1.92 bits per heavy atom. The van der Waals surface area contributed by atoms with Gasteiger partial charge in [-0.05, 0) is 12.1 Å². The number of alkyl halides is 3. The van der Waals surface area contributed by atoms with Gasteiger partial charge in [-0.1, -0.05) is 39.0 Å². The summed E-state index contributed by atoms with van der Waals surface area (Å²) in [4.78, 5) is 11.9. The van der Waals surface area contributed by atoms with Crippen molar-refractivity contribution < 1.29 is 18.0 Å². The lowest BCUT2D eigenvalue weighted by Gasteiger charge is -2.14. The first-order valence-electron chi connectivity index (χ1n) is 7.14. The molecule has 0 aliphatic carbocycles. The maximum atomic E-state index is 12.9. The molecule has 5 nitrogen and oxygen atoms in total. The largest absolute Gasteiger partial charge is 0.417 e. The predicted molar refractivity (Wildman–Crippen MR) is 83.8 cm³/mol. The molecule has 128 valence electrons. The third-order valence-electron chi connectivity index (χ3n) is 3.25. The van der Waals surface area contributed by atoms with Crippen LogP contribution in [0.15, 0.2) is 35.4 Å². The molecule has 0 radical (unpaired) electrons. The van der Waals surface area contributed by atoms with Crippen molar-refractivity contribution in [2.24, 2.45) is 5.10 Å². The number of hydrazone groups is 1. The number of aromatic amines is 1. The highest BCUT2D eigenvalue weighted by Crippen LogP contribution is 2.31. The summed E-state index contributed by atoms with van der Waals surface area (Å²) in [6.45, 7) is 5.86. The Morgan fingerprint density at radius 3 is 2.50 bits per heavy atom. The van der Waals surface area contributed by atoms with Crippen molar-refractivity contribution in [1.29, 1.82) is 0 Å². The summed E-state index contributed by atoms with van der Waals surface area (Å²) in [6.07, 6.45) is -3.53. The maximum absolute atomic E-state index is 12.9. The molecule has 24 heavy (non-hydrogen) atoms. The van der Waals surface area contributed by atoms with Gasteiger partial charge in [0.15, 0.2) is 5.69 Å². The average Bonchev–Trinajstić information content (AvgIpc) is 2.96. The highest BCUT2D eigenvalue weighted by atomic mass is 19.4. The Balaban J connectivity index is 2.10. The van der Waals surface area contributed by atoms with Crippen LogP contribution in [0.5, 0.6) is 0 Å². The Labute approximate surface area is 137 Å². The van der Waals surface area contributed by atoms with Gasteiger partial charge < -0.3 is 0 Å². The molecule has 0 saturated carbocycles. The number of hydrogen-bond acceptors (Lipinski definition) is 3. The monoisotopic (exact) mass is 338 g/mol. The SMILES string of the molecule is CC(C)(C)c1cc(C(=O)N/N=C\c2ccccc2C(F)(F)F)n[nH]1. The summed E-state index contributed by atoms with van der Waals surface area (Å²) in [5.41, 5.74) is 1.88. The van der Waals surface area contributed by atoms with E-state index in [9.17, 15) is 18.0 Å². The summed E-state index contributed by atoms with van der Waals surface area (Å²) >= 11 is 0. The third-order valence-corrected chi connectivity index (χ3v) is 3.25. The first-order chi connectivity index (χ1) is 11.1. The van der Waals surface area contributed by atoms with Crippen LogP contribution < -0.4 is 5.43 Å². The smallest absolute Gasteiger partial charge is 0.281 e. The zero-order valence-electron chi connectivity index (χ0n) is 13.4. The second-order valence-electron chi connectivity index (χ2n) is 6.20. The number of H-pyrrole nitrogens is 1. The van der Waals surface area contributed by atoms with Crippen LogP contribution in [0.25, 0.3) is 0 Å². The quantitative estimate of drug-likeness (QED) is 0.664. The molecule has 0 bridgehead atoms. The van der Waals surface area contributed by atoms with Gasteiger partial charge in [0.25, 0.3) is 5.91 Å². The van der Waals surface area contributed by atoms with Crippen molar-refractivity contribution in [2.75, 3.05) is 0 Å². The van der Waals surface area contributed by atoms with Gasteiger partial charge in [0.1, 0.15) is 0 Å². The zero-order valence-corrected chi connectivity index (χ0v) is 13.4. The molecule has 2 aromatic rings. The van der Waals surface area contributed by atoms with Crippen LogP contribution in [0.2, 0.25) is 0 Å². The Hall–Kier alpha value is -2.64. The van der Waals surface area contributed by atoms with Crippen LogP contribution in [0.1, 0.15) is 48.1 Å². The first-order valence-corrected chi connectivity index (χ1v) is 7.14. The molecule has 1 aromatic heterocycles. The lowest BCUT2D eigenvalue weighted by atomic mass is 9.92. The molecular weight excluding hydrogens is 321 g/mol. The highest BCUT2D eigenvalue weighted by Gasteiger charge is 2.32. The first kappa shape index (κ1) is 17.7. The zero-order chi connectivity index (χ0) is 18.0. The van der Waals surface area contributed by atoms with Crippen molar-refractivity contribution in [1.82, 2.24) is 15.6 Å². The van der Waals surface area contributed by atoms with Crippen molar-refractivity contribution in [2.45, 2.75) is 32.4 Å². The van der Waals surface area contributed by atoms with E-state index in [2.05, 4.69) is 20.7 Å². The van der Waals surface area contributed by atoms with Crippen LogP contribution in [0, 0.1) is 0 Å². The van der Waals surface area contributed by atoms with E-state index in [1.807, 2.05) is 20.8 Å². The van der Waals surface area contributed by atoms with E-state index in [-0.39, 0.29) is 16.7 Å². The summed E-state index contributed by atoms with van der Waals surface area (Å²) in [7, 11) is 0. The fourth-order valence-corrected chi connectivity index (χ4v) is 1.91. The van der Waals surface area contributed by atoms with E-state index in [1.165, 1.54) is 18.2 Å². The Bertz CT molecular complexity index is 757. The van der Waals surface area contributed by atoms with Crippen molar-refractivity contribution in [3.05, 3.63) is 52.8 Å². The number of nitrogens with one attached hydrogen (secondary N) is 2. The fourth-order valence-electron chi connectivity index (χ4n) is 1.91. The van der Waals surface area contributed by atoms with E-state index < -0.39 is 17.6 Å². The molecule has 2 N–H and O–H groups in total. The number of hydrogen-bond donors (Lipinski definition) is 2. The standard InChI is InChI=1S/C16H17F3N4O/c1-15(2,3)13-8-12(21-22-13)14(24)23-20-9-10-6-4-5-7-11(10)16(17,18)19/h4-9H,1-3H3,(H,21,22)(H,23,24)/b20-9-. The number of nitrogens with zero attached hydrogens (tertiary/aromatic N) is 2. The molecule has 2 rings (SSSR count). The molecular formula is C16H17F3N4O. The molecule has 1 aromatic carbocycles. The highest BCUT2D eigenvalue weighted by molar-refractivity contribution is 5.93. The molecule has 1 heterocycles. The van der Waals surface area contributed by atoms with E-state index in [1.54, 1.807) is 6.07 Å². The maximum Gasteiger partial charge on any atom is 0.417 e. The van der Waals surface area contributed by atoms with Gasteiger partial charge in [0.05, 0.1) is 11.8 Å². The van der Waals surface area contributed by atoms with Crippen molar-refractivity contribution >= 4 is 12.1 Å². The van der Waals surface area contributed by atoms with Crippen molar-refractivity contribution in [3.63, 3.8) is 0 Å². The van der Waals surface area contributed by atoms with Gasteiger partial charge in [-0.15, -0.1) is 0 Å². The number of rotatable bonds is 3. The van der Waals surface area contributed by atoms with Crippen LogP contribution in [0.3, 0.4) is 0 Å². The minimum absolute atomic E-state index is 0.112. The van der Waals surface area contributed by atoms with Gasteiger partial charge >= 0.3 is 6.18 Å². The molecule has 0 aliphatic heterocycles. The molecule has 0 aliphatic rings. The van der Waals surface area contributed by atoms with Gasteiger partial charge in [-0.2, -0.15) is 23.4 Å². The third kappa shape index (κ3) is 4.21. The minimum atomic E-state index is -4.49. The van der Waals surface area contributed by atoms with Gasteiger partial charge in [0, 0.05) is 16.7 Å². The van der Waals surface area contributed by atoms with Gasteiger partial charge in [-0.3, -0.25) is 9.89 Å². The number of carbonyl (C=O) groups is 1. The molecule has 0 spiro atoms. The fraction of sp³-hybridized carbons (Fsp3) is 0.312. The Kier molecular flexibility index (Phi) is 4.77. The van der Waals surface area contributed by atoms with Gasteiger partial charge in [0.2, 0.25) is 0 Å². The number of amides is 1. The summed E-state index contributed by atoms with van der Waals surface area (Å²) < 4.78 is 38.6. The second kappa shape index (κ2) is 6.46. The van der Waals surface area contributed by atoms with Crippen LogP contribution in [-0.2, 0) is 11.6 Å². The number of aromatic nitrogens is 2. The van der Waals surface area contributed by atoms with E-state index in [0.717, 1.165) is 18.0 Å². The van der Waals surface area contributed by atoms with Crippen LogP contribution >= 0.6 is 0 Å². The number of halogens is 3. The molecule has 0 atom stereocenters. The van der Waals surface area contributed by atoms with Gasteiger partial charge in [-0.25, -0.2) is 5.43 Å². The molecule has 0 unspecified atom stereocenters. The average molecular weight is 338 g/mol. The molecule has 0 saturated heterocycles. The predicted octanol–water partition coefficient (Wildman–Crippen LogP) is 3.49. The van der Waals surface area contributed by atoms with Crippen LogP contribution in [-0.4, -0.2) is 22.3 Å². The second-order valence-corrected chi connectivity index (χ2v) is 6.20. The Morgan fingerprint density at radius 1 is 1.25 bits per heavy atom. The van der Waals surface area contributed by atoms with E-state index in [4.69, 9.17) is 0 Å². The normalized spacial score (nSPS) is 12.6. The lowest BCUT2D eigenvalue weighted by Crippen LogP contribution is -2.18. The number of benzene rings is 1. The lowest BCUT2D eigenvalue weighted by molar-refractivity contribution is -0.137. The minimum Gasteiger partial charge on any atom is -0.281 e. The van der Waals surface area contributed by atoms with E-state index >= 15 is 0 Å². The molecule has 1 amide bonds. The number of carbonyl (C=O) groups excluding carboxylic acids is 1. The van der Waals surface area contributed by atoms with Crippen molar-refractivity contribution in [3.8, 4) is 0 Å². The summed E-state index contributed by atoms with van der Waals surface area (Å²) in [5.74, 6) is -0.609. The topological polar surface area (TPSA) is 70.1 Å². The summed E-state index contributed by atoms with van der Waals surface area (Å²) in [5, 5.41) is 10.2. The molecule has 8 heteroatoms. The summed E-state index contributed by atoms with van der Waals surface area (Å²) in [6, 6.07) is 6.55. The van der Waals surface area contributed by atoms with Crippen LogP contribution in [0.4, 0.5) is 13.2 Å².